The molecule has 0 spiro atoms. The van der Waals surface area contributed by atoms with Gasteiger partial charge in [-0.05, 0) is 52.8 Å². The van der Waals surface area contributed by atoms with Crippen molar-refractivity contribution in [2.24, 2.45) is 0 Å². The molecular formula is C17H20ClN3OS. The molecular weight excluding hydrogens is 330 g/mol. The SMILES string of the molecule is Cc1cc(C)nc(-c2ccc(C(=O)NC(C)(C)C)c(S)c2Cl)n1. The Labute approximate surface area is 147 Å². The monoisotopic (exact) mass is 349 g/mol. The third kappa shape index (κ3) is 4.24. The molecule has 2 aromatic rings. The fraction of sp³-hybridized carbons (Fsp3) is 0.353. The number of benzene rings is 1. The maximum atomic E-state index is 12.3. The van der Waals surface area contributed by atoms with Crippen LogP contribution in [0.15, 0.2) is 23.1 Å². The lowest BCUT2D eigenvalue weighted by atomic mass is 10.1. The summed E-state index contributed by atoms with van der Waals surface area (Å²) >= 11 is 10.8. The van der Waals surface area contributed by atoms with Crippen molar-refractivity contribution in [3.05, 3.63) is 40.2 Å². The Kier molecular flexibility index (Phi) is 5.01. The third-order valence-corrected chi connectivity index (χ3v) is 4.06. The van der Waals surface area contributed by atoms with E-state index in [0.29, 0.717) is 26.9 Å². The molecule has 0 fully saturated rings. The average Bonchev–Trinajstić information content (AvgIpc) is 2.38. The zero-order chi connectivity index (χ0) is 17.4. The molecule has 2 rings (SSSR count). The van der Waals surface area contributed by atoms with Crippen LogP contribution < -0.4 is 5.32 Å². The molecule has 1 heterocycles. The van der Waals surface area contributed by atoms with Crippen LogP contribution >= 0.6 is 24.2 Å². The number of aromatic nitrogens is 2. The topological polar surface area (TPSA) is 54.9 Å². The highest BCUT2D eigenvalue weighted by molar-refractivity contribution is 7.80. The van der Waals surface area contributed by atoms with Gasteiger partial charge < -0.3 is 5.32 Å². The van der Waals surface area contributed by atoms with Gasteiger partial charge in [0.1, 0.15) is 0 Å². The molecule has 0 atom stereocenters. The Morgan fingerprint density at radius 1 is 1.17 bits per heavy atom. The van der Waals surface area contributed by atoms with Crippen molar-refractivity contribution in [3.8, 4) is 11.4 Å². The van der Waals surface area contributed by atoms with E-state index in [1.165, 1.54) is 0 Å². The van der Waals surface area contributed by atoms with Gasteiger partial charge in [0.05, 0.1) is 10.6 Å². The van der Waals surface area contributed by atoms with Crippen molar-refractivity contribution in [1.29, 1.82) is 0 Å². The number of hydrogen-bond acceptors (Lipinski definition) is 4. The number of halogens is 1. The van der Waals surface area contributed by atoms with Crippen LogP contribution in [0.5, 0.6) is 0 Å². The molecule has 0 aliphatic rings. The van der Waals surface area contributed by atoms with Crippen molar-refractivity contribution in [2.75, 3.05) is 0 Å². The number of nitrogens with zero attached hydrogens (tertiary/aromatic N) is 2. The molecule has 0 aliphatic carbocycles. The van der Waals surface area contributed by atoms with E-state index in [4.69, 9.17) is 11.6 Å². The molecule has 122 valence electrons. The second kappa shape index (κ2) is 6.49. The highest BCUT2D eigenvalue weighted by Crippen LogP contribution is 2.33. The van der Waals surface area contributed by atoms with Crippen molar-refractivity contribution in [2.45, 2.75) is 45.1 Å². The van der Waals surface area contributed by atoms with Crippen molar-refractivity contribution >= 4 is 30.1 Å². The zero-order valence-corrected chi connectivity index (χ0v) is 15.5. The van der Waals surface area contributed by atoms with Crippen LogP contribution in [0.1, 0.15) is 42.5 Å². The number of nitrogens with one attached hydrogen (secondary N) is 1. The van der Waals surface area contributed by atoms with Crippen LogP contribution in [0.2, 0.25) is 5.02 Å². The minimum absolute atomic E-state index is 0.211. The van der Waals surface area contributed by atoms with Crippen LogP contribution in [0.3, 0.4) is 0 Å². The summed E-state index contributed by atoms with van der Waals surface area (Å²) in [6.45, 7) is 9.56. The number of carbonyl (C=O) groups excluding carboxylic acids is 1. The summed E-state index contributed by atoms with van der Waals surface area (Å²) in [6, 6.07) is 5.35. The summed E-state index contributed by atoms with van der Waals surface area (Å²) in [5.74, 6) is 0.322. The summed E-state index contributed by atoms with van der Waals surface area (Å²) in [5.41, 5.74) is 2.48. The van der Waals surface area contributed by atoms with E-state index in [-0.39, 0.29) is 11.4 Å². The molecule has 6 heteroatoms. The Morgan fingerprint density at radius 3 is 2.26 bits per heavy atom. The molecule has 0 unspecified atom stereocenters. The van der Waals surface area contributed by atoms with Crippen molar-refractivity contribution in [3.63, 3.8) is 0 Å². The molecule has 0 aliphatic heterocycles. The largest absolute Gasteiger partial charge is 0.347 e. The average molecular weight is 350 g/mol. The number of rotatable bonds is 2. The van der Waals surface area contributed by atoms with Gasteiger partial charge >= 0.3 is 0 Å². The molecule has 1 aromatic heterocycles. The standard InChI is InChI=1S/C17H20ClN3OS/c1-9-8-10(2)20-15(19-9)11-6-7-12(14(23)13(11)18)16(22)21-17(3,4)5/h6-8,23H,1-5H3,(H,21,22). The van der Waals surface area contributed by atoms with E-state index in [1.807, 2.05) is 40.7 Å². The molecule has 1 aromatic carbocycles. The highest BCUT2D eigenvalue weighted by atomic mass is 35.5. The molecule has 23 heavy (non-hydrogen) atoms. The molecule has 1 amide bonds. The minimum atomic E-state index is -0.334. The number of thiol groups is 1. The van der Waals surface area contributed by atoms with Crippen LogP contribution in [0, 0.1) is 13.8 Å². The number of carbonyl (C=O) groups is 1. The van der Waals surface area contributed by atoms with E-state index in [0.717, 1.165) is 11.4 Å². The normalized spacial score (nSPS) is 11.4. The van der Waals surface area contributed by atoms with Gasteiger partial charge in [0.25, 0.3) is 5.91 Å². The quantitative estimate of drug-likeness (QED) is 0.798. The van der Waals surface area contributed by atoms with Gasteiger partial charge in [0.15, 0.2) is 5.82 Å². The lowest BCUT2D eigenvalue weighted by molar-refractivity contribution is 0.0916. The number of aryl methyl sites for hydroxylation is 2. The van der Waals surface area contributed by atoms with Crippen LogP contribution in [-0.2, 0) is 0 Å². The lowest BCUT2D eigenvalue weighted by Gasteiger charge is -2.21. The van der Waals surface area contributed by atoms with Crippen molar-refractivity contribution in [1.82, 2.24) is 15.3 Å². The molecule has 0 bridgehead atoms. The Hall–Kier alpha value is -1.59. The minimum Gasteiger partial charge on any atom is -0.347 e. The molecule has 0 radical (unpaired) electrons. The van der Waals surface area contributed by atoms with Gasteiger partial charge in [-0.15, -0.1) is 12.6 Å². The maximum Gasteiger partial charge on any atom is 0.252 e. The molecule has 0 saturated carbocycles. The van der Waals surface area contributed by atoms with Gasteiger partial charge in [-0.25, -0.2) is 9.97 Å². The summed E-state index contributed by atoms with van der Waals surface area (Å²) in [4.78, 5) is 21.6. The van der Waals surface area contributed by atoms with Crippen LogP contribution in [0.4, 0.5) is 0 Å². The summed E-state index contributed by atoms with van der Waals surface area (Å²) in [7, 11) is 0. The fourth-order valence-corrected chi connectivity index (χ4v) is 2.72. The first-order valence-corrected chi connectivity index (χ1v) is 8.07. The van der Waals surface area contributed by atoms with Crippen LogP contribution in [0.25, 0.3) is 11.4 Å². The predicted octanol–water partition coefficient (Wildman–Crippen LogP) is 4.23. The van der Waals surface area contributed by atoms with E-state index < -0.39 is 0 Å². The number of hydrogen-bond donors (Lipinski definition) is 2. The van der Waals surface area contributed by atoms with Gasteiger partial charge in [0.2, 0.25) is 0 Å². The molecule has 1 N–H and O–H groups in total. The number of amides is 1. The lowest BCUT2D eigenvalue weighted by Crippen LogP contribution is -2.40. The van der Waals surface area contributed by atoms with E-state index in [2.05, 4.69) is 27.9 Å². The third-order valence-electron chi connectivity index (χ3n) is 3.07. The Bertz CT molecular complexity index is 749. The summed E-state index contributed by atoms with van der Waals surface area (Å²) < 4.78 is 0. The summed E-state index contributed by atoms with van der Waals surface area (Å²) in [6.07, 6.45) is 0. The van der Waals surface area contributed by atoms with E-state index >= 15 is 0 Å². The fourth-order valence-electron chi connectivity index (χ4n) is 2.17. The second-order valence-electron chi connectivity index (χ2n) is 6.50. The van der Waals surface area contributed by atoms with Gasteiger partial charge in [-0.3, -0.25) is 4.79 Å². The van der Waals surface area contributed by atoms with Gasteiger partial charge in [0, 0.05) is 27.4 Å². The predicted molar refractivity (Wildman–Crippen MR) is 96.4 cm³/mol. The molecule has 4 nitrogen and oxygen atoms in total. The Balaban J connectivity index is 2.47. The zero-order valence-electron chi connectivity index (χ0n) is 13.9. The van der Waals surface area contributed by atoms with Crippen LogP contribution in [-0.4, -0.2) is 21.4 Å². The highest BCUT2D eigenvalue weighted by Gasteiger charge is 2.20. The molecule has 0 saturated heterocycles. The van der Waals surface area contributed by atoms with Crippen molar-refractivity contribution < 1.29 is 4.79 Å². The summed E-state index contributed by atoms with van der Waals surface area (Å²) in [5, 5.41) is 3.28. The van der Waals surface area contributed by atoms with Gasteiger partial charge in [-0.1, -0.05) is 11.6 Å². The second-order valence-corrected chi connectivity index (χ2v) is 7.33. The first kappa shape index (κ1) is 17.8. The Morgan fingerprint density at radius 2 is 1.74 bits per heavy atom. The first-order valence-electron chi connectivity index (χ1n) is 7.25. The smallest absolute Gasteiger partial charge is 0.252 e. The van der Waals surface area contributed by atoms with E-state index in [9.17, 15) is 4.79 Å². The van der Waals surface area contributed by atoms with Gasteiger partial charge in [-0.2, -0.15) is 0 Å². The first-order chi connectivity index (χ1) is 10.6. The maximum absolute atomic E-state index is 12.3. The van der Waals surface area contributed by atoms with E-state index in [1.54, 1.807) is 12.1 Å².